The zero-order chi connectivity index (χ0) is 22.5. The molecule has 0 saturated carbocycles. The minimum atomic E-state index is -0.281. The Morgan fingerprint density at radius 1 is 1.13 bits per heavy atom. The van der Waals surface area contributed by atoms with Crippen molar-refractivity contribution >= 4 is 34.8 Å². The summed E-state index contributed by atoms with van der Waals surface area (Å²) in [6, 6.07) is 14.7. The fraction of sp³-hybridized carbons (Fsp3) is 0.375. The summed E-state index contributed by atoms with van der Waals surface area (Å²) in [5.41, 5.74) is 3.16. The molecule has 7 heteroatoms. The lowest BCUT2D eigenvalue weighted by atomic mass is 10.0. The van der Waals surface area contributed by atoms with E-state index in [9.17, 15) is 14.4 Å². The van der Waals surface area contributed by atoms with E-state index in [1.165, 1.54) is 0 Å². The Morgan fingerprint density at radius 2 is 1.81 bits per heavy atom. The molecule has 0 saturated heterocycles. The molecule has 2 aromatic rings. The molecule has 0 unspecified atom stereocenters. The van der Waals surface area contributed by atoms with Crippen molar-refractivity contribution in [2.24, 2.45) is 0 Å². The third-order valence-electron chi connectivity index (χ3n) is 5.30. The average molecular weight is 423 g/mol. The summed E-state index contributed by atoms with van der Waals surface area (Å²) in [5, 5.41) is 5.81. The molecule has 0 aromatic heterocycles. The molecular formula is C24H30N4O3. The van der Waals surface area contributed by atoms with Crippen molar-refractivity contribution in [3.8, 4) is 0 Å². The van der Waals surface area contributed by atoms with Gasteiger partial charge in [-0.1, -0.05) is 44.2 Å². The third kappa shape index (κ3) is 5.49. The smallest absolute Gasteiger partial charge is 0.241 e. The van der Waals surface area contributed by atoms with Gasteiger partial charge in [0, 0.05) is 18.2 Å². The van der Waals surface area contributed by atoms with Crippen LogP contribution in [0.3, 0.4) is 0 Å². The van der Waals surface area contributed by atoms with Crippen molar-refractivity contribution in [3.05, 3.63) is 54.1 Å². The summed E-state index contributed by atoms with van der Waals surface area (Å²) in [5.74, 6) is -0.164. The van der Waals surface area contributed by atoms with Gasteiger partial charge in [-0.05, 0) is 43.7 Å². The first kappa shape index (κ1) is 22.5. The first-order valence-electron chi connectivity index (χ1n) is 10.5. The van der Waals surface area contributed by atoms with Gasteiger partial charge in [-0.2, -0.15) is 0 Å². The molecule has 1 atom stereocenters. The number of hydrogen-bond donors (Lipinski definition) is 2. The zero-order valence-electron chi connectivity index (χ0n) is 18.5. The third-order valence-corrected chi connectivity index (χ3v) is 5.30. The zero-order valence-corrected chi connectivity index (χ0v) is 18.5. The van der Waals surface area contributed by atoms with Crippen molar-refractivity contribution in [3.63, 3.8) is 0 Å². The number of anilines is 3. The predicted octanol–water partition coefficient (Wildman–Crippen LogP) is 3.44. The first-order valence-corrected chi connectivity index (χ1v) is 10.5. The lowest BCUT2D eigenvalue weighted by molar-refractivity contribution is -0.121. The van der Waals surface area contributed by atoms with Crippen LogP contribution in [-0.4, -0.2) is 48.8 Å². The lowest BCUT2D eigenvalue weighted by Crippen LogP contribution is -2.45. The quantitative estimate of drug-likeness (QED) is 0.747. The highest BCUT2D eigenvalue weighted by Gasteiger charge is 2.30. The number of nitrogens with zero attached hydrogens (tertiary/aromatic N) is 2. The van der Waals surface area contributed by atoms with Crippen LogP contribution >= 0.6 is 0 Å². The van der Waals surface area contributed by atoms with E-state index < -0.39 is 0 Å². The summed E-state index contributed by atoms with van der Waals surface area (Å²) in [7, 11) is 1.74. The molecule has 2 N–H and O–H groups in total. The maximum atomic E-state index is 13.1. The lowest BCUT2D eigenvalue weighted by Gasteiger charge is -2.29. The van der Waals surface area contributed by atoms with Gasteiger partial charge in [0.05, 0.1) is 24.5 Å². The maximum absolute atomic E-state index is 13.1. The highest BCUT2D eigenvalue weighted by molar-refractivity contribution is 6.05. The number of para-hydroxylation sites is 3. The van der Waals surface area contributed by atoms with Gasteiger partial charge < -0.3 is 15.5 Å². The molecule has 0 spiro atoms. The molecule has 1 heterocycles. The molecule has 0 radical (unpaired) electrons. The van der Waals surface area contributed by atoms with Gasteiger partial charge >= 0.3 is 0 Å². The summed E-state index contributed by atoms with van der Waals surface area (Å²) >= 11 is 0. The number of carbonyl (C=O) groups is 3. The van der Waals surface area contributed by atoms with Crippen LogP contribution in [0.2, 0.25) is 0 Å². The summed E-state index contributed by atoms with van der Waals surface area (Å²) < 4.78 is 0. The second-order valence-electron chi connectivity index (χ2n) is 8.34. The van der Waals surface area contributed by atoms with E-state index in [0.29, 0.717) is 11.4 Å². The van der Waals surface area contributed by atoms with E-state index in [2.05, 4.69) is 24.5 Å². The number of rotatable bonds is 6. The van der Waals surface area contributed by atoms with Gasteiger partial charge in [0.25, 0.3) is 0 Å². The molecule has 0 fully saturated rings. The summed E-state index contributed by atoms with van der Waals surface area (Å²) in [4.78, 5) is 41.2. The standard InChI is InChI=1S/C24H30N4O3/c1-16(2)18-9-5-6-10-19(18)25-23(30)14-27(4)15-24(31)28-17(3)13-22(29)26-20-11-7-8-12-21(20)28/h5-12,16-17H,13-15H2,1-4H3,(H,25,30)(H,26,29)/t17-/m1/s1. The molecule has 31 heavy (non-hydrogen) atoms. The molecule has 1 aliphatic rings. The Bertz CT molecular complexity index is 973. The number of benzene rings is 2. The van der Waals surface area contributed by atoms with E-state index in [0.717, 1.165) is 11.3 Å². The molecule has 3 amide bonds. The van der Waals surface area contributed by atoms with Crippen LogP contribution in [0.4, 0.5) is 17.1 Å². The van der Waals surface area contributed by atoms with E-state index >= 15 is 0 Å². The first-order chi connectivity index (χ1) is 14.8. The van der Waals surface area contributed by atoms with Crippen molar-refractivity contribution in [2.75, 3.05) is 35.7 Å². The van der Waals surface area contributed by atoms with Crippen LogP contribution in [0.1, 0.15) is 38.7 Å². The maximum Gasteiger partial charge on any atom is 0.241 e. The molecule has 7 nitrogen and oxygen atoms in total. The van der Waals surface area contributed by atoms with E-state index in [-0.39, 0.29) is 49.2 Å². The van der Waals surface area contributed by atoms with Crippen LogP contribution in [-0.2, 0) is 14.4 Å². The van der Waals surface area contributed by atoms with E-state index in [1.807, 2.05) is 49.4 Å². The van der Waals surface area contributed by atoms with Crippen LogP contribution in [0.25, 0.3) is 0 Å². The Kier molecular flexibility index (Phi) is 7.07. The molecule has 164 valence electrons. The van der Waals surface area contributed by atoms with Crippen LogP contribution in [0.15, 0.2) is 48.5 Å². The predicted molar refractivity (Wildman–Crippen MR) is 123 cm³/mol. The second-order valence-corrected chi connectivity index (χ2v) is 8.34. The second kappa shape index (κ2) is 9.75. The highest BCUT2D eigenvalue weighted by Crippen LogP contribution is 2.31. The molecular weight excluding hydrogens is 392 g/mol. The number of nitrogens with one attached hydrogen (secondary N) is 2. The number of hydrogen-bond acceptors (Lipinski definition) is 4. The summed E-state index contributed by atoms with van der Waals surface area (Å²) in [6.45, 7) is 6.16. The minimum Gasteiger partial charge on any atom is -0.325 e. The monoisotopic (exact) mass is 422 g/mol. The SMILES string of the molecule is CC(C)c1ccccc1NC(=O)CN(C)CC(=O)N1c2ccccc2NC(=O)C[C@H]1C. The van der Waals surface area contributed by atoms with Gasteiger partial charge in [-0.25, -0.2) is 0 Å². The van der Waals surface area contributed by atoms with Crippen LogP contribution in [0.5, 0.6) is 0 Å². The Labute approximate surface area is 183 Å². The number of amides is 3. The summed E-state index contributed by atoms with van der Waals surface area (Å²) in [6.07, 6.45) is 0.219. The highest BCUT2D eigenvalue weighted by atomic mass is 16.2. The van der Waals surface area contributed by atoms with Gasteiger partial charge in [0.15, 0.2) is 0 Å². The largest absolute Gasteiger partial charge is 0.325 e. The number of carbonyl (C=O) groups excluding carboxylic acids is 3. The fourth-order valence-corrected chi connectivity index (χ4v) is 3.88. The van der Waals surface area contributed by atoms with Gasteiger partial charge in [-0.3, -0.25) is 19.3 Å². The van der Waals surface area contributed by atoms with Gasteiger partial charge in [-0.15, -0.1) is 0 Å². The normalized spacial score (nSPS) is 16.0. The Morgan fingerprint density at radius 3 is 2.55 bits per heavy atom. The van der Waals surface area contributed by atoms with Crippen LogP contribution in [0, 0.1) is 0 Å². The van der Waals surface area contributed by atoms with Gasteiger partial charge in [0.2, 0.25) is 17.7 Å². The number of likely N-dealkylation sites (N-methyl/N-ethyl adjacent to an activating group) is 1. The van der Waals surface area contributed by atoms with Crippen molar-refractivity contribution in [2.45, 2.75) is 39.2 Å². The van der Waals surface area contributed by atoms with Crippen molar-refractivity contribution < 1.29 is 14.4 Å². The van der Waals surface area contributed by atoms with E-state index in [4.69, 9.17) is 0 Å². The van der Waals surface area contributed by atoms with Crippen molar-refractivity contribution in [1.82, 2.24) is 4.90 Å². The molecule has 1 aliphatic heterocycles. The molecule has 2 aromatic carbocycles. The minimum absolute atomic E-state index is 0.0616. The van der Waals surface area contributed by atoms with Crippen LogP contribution < -0.4 is 15.5 Å². The number of fused-ring (bicyclic) bond motifs is 1. The molecule has 0 aliphatic carbocycles. The van der Waals surface area contributed by atoms with Gasteiger partial charge in [0.1, 0.15) is 0 Å². The topological polar surface area (TPSA) is 81.8 Å². The molecule has 3 rings (SSSR count). The van der Waals surface area contributed by atoms with E-state index in [1.54, 1.807) is 22.9 Å². The Hall–Kier alpha value is -3.19. The fourth-order valence-electron chi connectivity index (χ4n) is 3.88. The average Bonchev–Trinajstić information content (AvgIpc) is 2.81. The molecule has 0 bridgehead atoms. The Balaban J connectivity index is 1.67. The van der Waals surface area contributed by atoms with Crippen molar-refractivity contribution in [1.29, 1.82) is 0 Å².